The average molecular weight is 326 g/mol. The van der Waals surface area contributed by atoms with Gasteiger partial charge in [-0.2, -0.15) is 0 Å². The van der Waals surface area contributed by atoms with E-state index in [9.17, 15) is 9.59 Å². The van der Waals surface area contributed by atoms with E-state index in [0.717, 1.165) is 17.9 Å². The van der Waals surface area contributed by atoms with E-state index in [2.05, 4.69) is 34.3 Å². The van der Waals surface area contributed by atoms with Crippen LogP contribution in [0, 0.1) is 5.92 Å². The summed E-state index contributed by atoms with van der Waals surface area (Å²) in [4.78, 5) is 23.6. The molecule has 2 aromatic rings. The summed E-state index contributed by atoms with van der Waals surface area (Å²) in [6, 6.07) is 12.4. The molecule has 2 unspecified atom stereocenters. The van der Waals surface area contributed by atoms with Gasteiger partial charge in [0.25, 0.3) is 0 Å². The van der Waals surface area contributed by atoms with Crippen LogP contribution in [0.1, 0.15) is 30.7 Å². The zero-order chi connectivity index (χ0) is 15.8. The van der Waals surface area contributed by atoms with Gasteiger partial charge < -0.3 is 4.57 Å². The second-order valence-electron chi connectivity index (χ2n) is 6.08. The molecule has 1 saturated heterocycles. The maximum atomic E-state index is 12.2. The smallest absolute Gasteiger partial charge is 0.230 e. The Balaban J connectivity index is 1.69. The molecule has 0 bridgehead atoms. The number of thioether (sulfide) groups is 1. The summed E-state index contributed by atoms with van der Waals surface area (Å²) in [5, 5.41) is 3.74. The Morgan fingerprint density at radius 1 is 1.04 bits per heavy atom. The van der Waals surface area contributed by atoms with Crippen molar-refractivity contribution in [2.24, 2.45) is 5.92 Å². The maximum Gasteiger partial charge on any atom is 0.230 e. The molecule has 23 heavy (non-hydrogen) atoms. The van der Waals surface area contributed by atoms with Gasteiger partial charge in [0.1, 0.15) is 0 Å². The van der Waals surface area contributed by atoms with E-state index < -0.39 is 0 Å². The van der Waals surface area contributed by atoms with E-state index in [-0.39, 0.29) is 23.7 Å². The van der Waals surface area contributed by atoms with Crippen LogP contribution in [0.4, 0.5) is 0 Å². The van der Waals surface area contributed by atoms with E-state index in [1.807, 2.05) is 30.0 Å². The topological polar surface area (TPSA) is 51.1 Å². The van der Waals surface area contributed by atoms with Crippen molar-refractivity contribution >= 4 is 23.6 Å². The normalized spacial score (nSPS) is 24.2. The van der Waals surface area contributed by atoms with Crippen LogP contribution < -0.4 is 5.32 Å². The van der Waals surface area contributed by atoms with Gasteiger partial charge in [0.2, 0.25) is 11.8 Å². The third-order valence-electron chi connectivity index (χ3n) is 4.74. The van der Waals surface area contributed by atoms with Gasteiger partial charge in [-0.1, -0.05) is 18.2 Å². The number of hydrogen-bond acceptors (Lipinski definition) is 3. The van der Waals surface area contributed by atoms with Crippen molar-refractivity contribution in [3.05, 3.63) is 48.2 Å². The molecule has 3 heterocycles. The minimum atomic E-state index is -0.140. The highest BCUT2D eigenvalue weighted by molar-refractivity contribution is 7.99. The number of aromatic nitrogens is 1. The molecule has 2 aliphatic heterocycles. The standard InChI is InChI=1S/C18H18N2O2S/c21-16-7-6-14(17(22)19-16)13-9-11-23-18-15(13)8-10-20(18)12-4-2-1-3-5-12/h1-5,8,10,13-14H,6-7,9,11H2,(H,19,21,22). The summed E-state index contributed by atoms with van der Waals surface area (Å²) < 4.78 is 2.21. The van der Waals surface area contributed by atoms with Gasteiger partial charge in [0, 0.05) is 30.0 Å². The fourth-order valence-electron chi connectivity index (χ4n) is 3.61. The first-order valence-electron chi connectivity index (χ1n) is 7.97. The number of nitrogens with zero attached hydrogens (tertiary/aromatic N) is 1. The quantitative estimate of drug-likeness (QED) is 0.863. The maximum absolute atomic E-state index is 12.2. The summed E-state index contributed by atoms with van der Waals surface area (Å²) in [5.74, 6) is 0.894. The molecular weight excluding hydrogens is 308 g/mol. The van der Waals surface area contributed by atoms with Gasteiger partial charge in [-0.05, 0) is 42.5 Å². The highest BCUT2D eigenvalue weighted by Crippen LogP contribution is 2.44. The molecular formula is C18H18N2O2S. The molecule has 2 amide bonds. The van der Waals surface area contributed by atoms with Crippen LogP contribution in [0.2, 0.25) is 0 Å². The van der Waals surface area contributed by atoms with E-state index in [4.69, 9.17) is 0 Å². The molecule has 0 aliphatic carbocycles. The zero-order valence-corrected chi connectivity index (χ0v) is 13.5. The van der Waals surface area contributed by atoms with Crippen molar-refractivity contribution in [3.8, 4) is 5.69 Å². The third-order valence-corrected chi connectivity index (χ3v) is 5.88. The van der Waals surface area contributed by atoms with Crippen molar-refractivity contribution in [3.63, 3.8) is 0 Å². The van der Waals surface area contributed by atoms with Gasteiger partial charge in [-0.25, -0.2) is 0 Å². The van der Waals surface area contributed by atoms with Crippen molar-refractivity contribution in [2.45, 2.75) is 30.2 Å². The van der Waals surface area contributed by atoms with Gasteiger partial charge in [0.15, 0.2) is 0 Å². The Morgan fingerprint density at radius 3 is 2.65 bits per heavy atom. The Labute approximate surface area is 139 Å². The minimum Gasteiger partial charge on any atom is -0.311 e. The van der Waals surface area contributed by atoms with Crippen LogP contribution in [-0.2, 0) is 9.59 Å². The largest absolute Gasteiger partial charge is 0.311 e. The molecule has 4 nitrogen and oxygen atoms in total. The van der Waals surface area contributed by atoms with Crippen LogP contribution in [0.3, 0.4) is 0 Å². The molecule has 1 aromatic heterocycles. The number of para-hydroxylation sites is 1. The van der Waals surface area contributed by atoms with E-state index in [1.54, 1.807) is 0 Å². The lowest BCUT2D eigenvalue weighted by Crippen LogP contribution is -2.43. The monoisotopic (exact) mass is 326 g/mol. The van der Waals surface area contributed by atoms with Crippen molar-refractivity contribution in [1.29, 1.82) is 0 Å². The number of carbonyl (C=O) groups is 2. The summed E-state index contributed by atoms with van der Waals surface area (Å²) >= 11 is 1.85. The zero-order valence-electron chi connectivity index (χ0n) is 12.7. The third kappa shape index (κ3) is 2.59. The van der Waals surface area contributed by atoms with Crippen LogP contribution in [0.25, 0.3) is 5.69 Å². The Morgan fingerprint density at radius 2 is 1.87 bits per heavy atom. The minimum absolute atomic E-state index is 0.0843. The van der Waals surface area contributed by atoms with E-state index in [0.29, 0.717) is 12.8 Å². The Hall–Kier alpha value is -2.01. The molecule has 0 spiro atoms. The molecule has 118 valence electrons. The highest BCUT2D eigenvalue weighted by atomic mass is 32.2. The predicted molar refractivity (Wildman–Crippen MR) is 89.7 cm³/mol. The first-order valence-corrected chi connectivity index (χ1v) is 8.96. The molecule has 1 aromatic carbocycles. The number of nitrogens with one attached hydrogen (secondary N) is 1. The van der Waals surface area contributed by atoms with Gasteiger partial charge in [-0.3, -0.25) is 14.9 Å². The predicted octanol–water partition coefficient (Wildman–Crippen LogP) is 3.11. The lowest BCUT2D eigenvalue weighted by Gasteiger charge is -2.32. The first kappa shape index (κ1) is 14.6. The molecule has 2 atom stereocenters. The lowest BCUT2D eigenvalue weighted by molar-refractivity contribution is -0.137. The summed E-state index contributed by atoms with van der Waals surface area (Å²) in [7, 11) is 0. The molecule has 0 radical (unpaired) electrons. The summed E-state index contributed by atoms with van der Waals surface area (Å²) in [6.45, 7) is 0. The summed E-state index contributed by atoms with van der Waals surface area (Å²) in [5.41, 5.74) is 2.39. The number of rotatable bonds is 2. The van der Waals surface area contributed by atoms with Crippen molar-refractivity contribution < 1.29 is 9.59 Å². The number of hydrogen-bond donors (Lipinski definition) is 1. The van der Waals surface area contributed by atoms with Gasteiger partial charge in [-0.15, -0.1) is 11.8 Å². The van der Waals surface area contributed by atoms with E-state index in [1.165, 1.54) is 10.6 Å². The first-order chi connectivity index (χ1) is 11.2. The number of carbonyl (C=O) groups excluding carboxylic acids is 2. The fourth-order valence-corrected chi connectivity index (χ4v) is 4.87. The molecule has 5 heteroatoms. The highest BCUT2D eigenvalue weighted by Gasteiger charge is 2.37. The van der Waals surface area contributed by atoms with Crippen LogP contribution >= 0.6 is 11.8 Å². The molecule has 2 aliphatic rings. The average Bonchev–Trinajstić information content (AvgIpc) is 3.00. The van der Waals surface area contributed by atoms with Gasteiger partial charge in [0.05, 0.1) is 5.03 Å². The second kappa shape index (κ2) is 5.89. The SMILES string of the molecule is O=C1CCC(C2CCSc3c2ccn3-c2ccccc2)C(=O)N1. The number of piperidine rings is 1. The fraction of sp³-hybridized carbons (Fsp3) is 0.333. The molecule has 4 rings (SSSR count). The number of imide groups is 1. The van der Waals surface area contributed by atoms with Crippen molar-refractivity contribution in [1.82, 2.24) is 9.88 Å². The number of amides is 2. The van der Waals surface area contributed by atoms with Crippen LogP contribution in [-0.4, -0.2) is 22.1 Å². The van der Waals surface area contributed by atoms with Crippen LogP contribution in [0.15, 0.2) is 47.6 Å². The second-order valence-corrected chi connectivity index (χ2v) is 7.17. The van der Waals surface area contributed by atoms with Gasteiger partial charge >= 0.3 is 0 Å². The molecule has 0 saturated carbocycles. The number of fused-ring (bicyclic) bond motifs is 1. The van der Waals surface area contributed by atoms with E-state index >= 15 is 0 Å². The van der Waals surface area contributed by atoms with Crippen LogP contribution in [0.5, 0.6) is 0 Å². The summed E-state index contributed by atoms with van der Waals surface area (Å²) in [6.07, 6.45) is 4.20. The molecule has 1 fully saturated rings. The Kier molecular flexibility index (Phi) is 3.73. The van der Waals surface area contributed by atoms with Crippen molar-refractivity contribution in [2.75, 3.05) is 5.75 Å². The molecule has 1 N–H and O–H groups in total. The lowest BCUT2D eigenvalue weighted by atomic mass is 9.80. The number of benzene rings is 1. The Bertz CT molecular complexity index is 754.